The molecule has 0 aliphatic carbocycles. The number of nitrogens with two attached hydrogens (primary N) is 1. The number of tetrazole rings is 1. The number of nitrogen functional groups attached to an aromatic ring is 1. The Kier molecular flexibility index (Phi) is 3.33. The standard InChI is InChI=1S/C6H13N5S/c1-5(12-2)3-4-11-6(7)8-9-10-11/h5H,3-4H2,1-2H3,(H2,7,8,10). The Morgan fingerprint density at radius 3 is 2.92 bits per heavy atom. The fraction of sp³-hybridized carbons (Fsp3) is 0.833. The van der Waals surface area contributed by atoms with Gasteiger partial charge in [-0.25, -0.2) is 4.68 Å². The summed E-state index contributed by atoms with van der Waals surface area (Å²) in [6, 6.07) is 0. The van der Waals surface area contributed by atoms with Crippen molar-refractivity contribution in [2.75, 3.05) is 12.0 Å². The minimum atomic E-state index is 0.392. The summed E-state index contributed by atoms with van der Waals surface area (Å²) < 4.78 is 1.62. The molecule has 2 N–H and O–H groups in total. The number of aromatic nitrogens is 4. The van der Waals surface area contributed by atoms with E-state index in [2.05, 4.69) is 28.7 Å². The van der Waals surface area contributed by atoms with Crippen molar-refractivity contribution in [3.05, 3.63) is 0 Å². The highest BCUT2D eigenvalue weighted by Gasteiger charge is 2.03. The Labute approximate surface area is 75.7 Å². The smallest absolute Gasteiger partial charge is 0.240 e. The van der Waals surface area contributed by atoms with Gasteiger partial charge in [-0.3, -0.25) is 0 Å². The molecule has 1 atom stereocenters. The second-order valence-corrected chi connectivity index (χ2v) is 3.87. The molecule has 1 aromatic rings. The maximum absolute atomic E-state index is 5.49. The minimum Gasteiger partial charge on any atom is -0.367 e. The van der Waals surface area contributed by atoms with Gasteiger partial charge in [0.15, 0.2) is 0 Å². The number of aryl methyl sites for hydroxylation is 1. The Morgan fingerprint density at radius 1 is 1.67 bits per heavy atom. The van der Waals surface area contributed by atoms with Crippen molar-refractivity contribution in [2.45, 2.75) is 25.1 Å². The van der Waals surface area contributed by atoms with Gasteiger partial charge < -0.3 is 5.73 Å². The van der Waals surface area contributed by atoms with Gasteiger partial charge >= 0.3 is 0 Å². The molecule has 0 radical (unpaired) electrons. The summed E-state index contributed by atoms with van der Waals surface area (Å²) in [6.07, 6.45) is 3.13. The zero-order valence-corrected chi connectivity index (χ0v) is 8.08. The lowest BCUT2D eigenvalue weighted by Gasteiger charge is -2.06. The molecule has 68 valence electrons. The molecule has 1 unspecified atom stereocenters. The summed E-state index contributed by atoms with van der Waals surface area (Å²) in [5.41, 5.74) is 5.49. The van der Waals surface area contributed by atoms with Crippen LogP contribution in [0.4, 0.5) is 5.95 Å². The van der Waals surface area contributed by atoms with E-state index in [1.165, 1.54) is 0 Å². The van der Waals surface area contributed by atoms with E-state index < -0.39 is 0 Å². The predicted molar refractivity (Wildman–Crippen MR) is 49.8 cm³/mol. The Hall–Kier alpha value is -0.780. The highest BCUT2D eigenvalue weighted by atomic mass is 32.2. The van der Waals surface area contributed by atoms with E-state index >= 15 is 0 Å². The Bertz CT molecular complexity index is 236. The van der Waals surface area contributed by atoms with Crippen LogP contribution in [0, 0.1) is 0 Å². The van der Waals surface area contributed by atoms with E-state index in [9.17, 15) is 0 Å². The Balaban J connectivity index is 2.38. The first-order valence-electron chi connectivity index (χ1n) is 3.78. The van der Waals surface area contributed by atoms with Gasteiger partial charge in [0.1, 0.15) is 0 Å². The lowest BCUT2D eigenvalue weighted by atomic mass is 10.3. The quantitative estimate of drug-likeness (QED) is 0.738. The largest absolute Gasteiger partial charge is 0.367 e. The summed E-state index contributed by atoms with van der Waals surface area (Å²) >= 11 is 1.83. The number of nitrogens with zero attached hydrogens (tertiary/aromatic N) is 4. The van der Waals surface area contributed by atoms with Crippen molar-refractivity contribution in [3.8, 4) is 0 Å². The Morgan fingerprint density at radius 2 is 2.42 bits per heavy atom. The molecule has 5 nitrogen and oxygen atoms in total. The van der Waals surface area contributed by atoms with E-state index in [1.807, 2.05) is 11.8 Å². The molecule has 1 heterocycles. The number of anilines is 1. The molecule has 0 bridgehead atoms. The number of hydrogen-bond donors (Lipinski definition) is 1. The zero-order valence-electron chi connectivity index (χ0n) is 7.27. The molecule has 0 saturated carbocycles. The number of rotatable bonds is 4. The van der Waals surface area contributed by atoms with E-state index in [1.54, 1.807) is 4.68 Å². The minimum absolute atomic E-state index is 0.392. The summed E-state index contributed by atoms with van der Waals surface area (Å²) in [5.74, 6) is 0.392. The van der Waals surface area contributed by atoms with Crippen LogP contribution < -0.4 is 5.73 Å². The third-order valence-electron chi connectivity index (χ3n) is 1.71. The van der Waals surface area contributed by atoms with Gasteiger partial charge in [0.25, 0.3) is 0 Å². The molecule has 0 fully saturated rings. The topological polar surface area (TPSA) is 69.6 Å². The van der Waals surface area contributed by atoms with E-state index in [0.717, 1.165) is 13.0 Å². The molecular weight excluding hydrogens is 174 g/mol. The van der Waals surface area contributed by atoms with Crippen LogP contribution in [0.3, 0.4) is 0 Å². The van der Waals surface area contributed by atoms with Crippen molar-refractivity contribution >= 4 is 17.7 Å². The molecule has 0 aliphatic rings. The molecule has 1 rings (SSSR count). The van der Waals surface area contributed by atoms with Crippen LogP contribution in [-0.4, -0.2) is 31.7 Å². The van der Waals surface area contributed by atoms with Crippen molar-refractivity contribution in [2.24, 2.45) is 0 Å². The average molecular weight is 187 g/mol. The van der Waals surface area contributed by atoms with Gasteiger partial charge in [-0.05, 0) is 23.1 Å². The SMILES string of the molecule is CSC(C)CCn1nnnc1N. The van der Waals surface area contributed by atoms with Crippen LogP contribution in [-0.2, 0) is 6.54 Å². The maximum atomic E-state index is 5.49. The fourth-order valence-corrected chi connectivity index (χ4v) is 1.13. The molecule has 0 spiro atoms. The van der Waals surface area contributed by atoms with Gasteiger partial charge in [0.05, 0.1) is 0 Å². The van der Waals surface area contributed by atoms with Crippen molar-refractivity contribution in [1.29, 1.82) is 0 Å². The monoisotopic (exact) mass is 187 g/mol. The molecule has 0 aliphatic heterocycles. The van der Waals surface area contributed by atoms with Crippen molar-refractivity contribution in [1.82, 2.24) is 20.2 Å². The van der Waals surface area contributed by atoms with Crippen LogP contribution in [0.15, 0.2) is 0 Å². The second-order valence-electron chi connectivity index (χ2n) is 2.60. The van der Waals surface area contributed by atoms with Gasteiger partial charge in [-0.15, -0.1) is 0 Å². The third-order valence-corrected chi connectivity index (χ3v) is 2.75. The third kappa shape index (κ3) is 2.37. The van der Waals surface area contributed by atoms with Crippen molar-refractivity contribution in [3.63, 3.8) is 0 Å². The first-order valence-corrected chi connectivity index (χ1v) is 5.07. The lowest BCUT2D eigenvalue weighted by Crippen LogP contribution is -2.09. The van der Waals surface area contributed by atoms with Gasteiger partial charge in [0, 0.05) is 11.8 Å². The van der Waals surface area contributed by atoms with Crippen LogP contribution >= 0.6 is 11.8 Å². The molecule has 0 saturated heterocycles. The zero-order chi connectivity index (χ0) is 8.97. The van der Waals surface area contributed by atoms with Crippen LogP contribution in [0.2, 0.25) is 0 Å². The predicted octanol–water partition coefficient (Wildman–Crippen LogP) is 0.397. The van der Waals surface area contributed by atoms with E-state index in [0.29, 0.717) is 11.2 Å². The highest BCUT2D eigenvalue weighted by molar-refractivity contribution is 7.99. The molecule has 6 heteroatoms. The summed E-state index contributed by atoms with van der Waals surface area (Å²) in [4.78, 5) is 0. The second kappa shape index (κ2) is 4.30. The average Bonchev–Trinajstić information content (AvgIpc) is 2.47. The molecule has 0 amide bonds. The summed E-state index contributed by atoms with van der Waals surface area (Å²) in [5, 5.41) is 11.4. The van der Waals surface area contributed by atoms with E-state index in [4.69, 9.17) is 5.73 Å². The van der Waals surface area contributed by atoms with Gasteiger partial charge in [-0.2, -0.15) is 11.8 Å². The van der Waals surface area contributed by atoms with E-state index in [-0.39, 0.29) is 0 Å². The van der Waals surface area contributed by atoms with Crippen LogP contribution in [0.1, 0.15) is 13.3 Å². The van der Waals surface area contributed by atoms with Crippen LogP contribution in [0.25, 0.3) is 0 Å². The first kappa shape index (κ1) is 9.31. The maximum Gasteiger partial charge on any atom is 0.240 e. The lowest BCUT2D eigenvalue weighted by molar-refractivity contribution is 0.564. The summed E-state index contributed by atoms with van der Waals surface area (Å²) in [6.45, 7) is 2.96. The first-order chi connectivity index (χ1) is 5.74. The summed E-state index contributed by atoms with van der Waals surface area (Å²) in [7, 11) is 0. The van der Waals surface area contributed by atoms with Crippen LogP contribution in [0.5, 0.6) is 0 Å². The van der Waals surface area contributed by atoms with Gasteiger partial charge in [-0.1, -0.05) is 12.0 Å². The fourth-order valence-electron chi connectivity index (χ4n) is 0.793. The molecule has 0 aromatic carbocycles. The number of hydrogen-bond acceptors (Lipinski definition) is 5. The highest BCUT2D eigenvalue weighted by Crippen LogP contribution is 2.10. The van der Waals surface area contributed by atoms with Crippen molar-refractivity contribution < 1.29 is 0 Å². The molecule has 1 aromatic heterocycles. The van der Waals surface area contributed by atoms with Gasteiger partial charge in [0.2, 0.25) is 5.95 Å². The molecule has 12 heavy (non-hydrogen) atoms. The number of thioether (sulfide) groups is 1. The normalized spacial score (nSPS) is 13.2. The molecular formula is C6H13N5S.